The number of hydrogen-bond acceptors (Lipinski definition) is 2. The van der Waals surface area contributed by atoms with Gasteiger partial charge in [-0.25, -0.2) is 0 Å². The minimum absolute atomic E-state index is 0.0593. The molecule has 0 radical (unpaired) electrons. The number of para-hydroxylation sites is 1. The Hall–Kier alpha value is -2.30. The van der Waals surface area contributed by atoms with Crippen molar-refractivity contribution in [3.8, 4) is 0 Å². The van der Waals surface area contributed by atoms with E-state index in [0.29, 0.717) is 12.8 Å². The molecule has 5 heteroatoms. The van der Waals surface area contributed by atoms with Crippen LogP contribution < -0.4 is 10.6 Å². The van der Waals surface area contributed by atoms with E-state index >= 15 is 0 Å². The molecule has 1 aromatic heterocycles. The number of carbonyl (C=O) groups is 2. The van der Waals surface area contributed by atoms with Gasteiger partial charge in [-0.05, 0) is 18.1 Å². The number of fused-ring (bicyclic) bond motifs is 1. The third kappa shape index (κ3) is 3.30. The summed E-state index contributed by atoms with van der Waals surface area (Å²) >= 11 is 0. The average Bonchev–Trinajstić information content (AvgIpc) is 2.89. The lowest BCUT2D eigenvalue weighted by Gasteiger charge is -2.29. The van der Waals surface area contributed by atoms with Crippen LogP contribution in [0.15, 0.2) is 30.5 Å². The molecule has 1 aromatic carbocycles. The molecule has 24 heavy (non-hydrogen) atoms. The zero-order valence-corrected chi connectivity index (χ0v) is 14.3. The maximum Gasteiger partial charge on any atom is 0.243 e. The molecule has 0 aliphatic carbocycles. The van der Waals surface area contributed by atoms with Crippen molar-refractivity contribution in [3.05, 3.63) is 36.0 Å². The summed E-state index contributed by atoms with van der Waals surface area (Å²) in [6, 6.07) is 7.23. The van der Waals surface area contributed by atoms with Gasteiger partial charge in [-0.1, -0.05) is 44.4 Å². The third-order valence-corrected chi connectivity index (χ3v) is 4.77. The molecule has 1 aliphatic heterocycles. The maximum atomic E-state index is 12.4. The molecule has 3 rings (SSSR count). The van der Waals surface area contributed by atoms with Crippen LogP contribution in [-0.2, 0) is 23.1 Å². The van der Waals surface area contributed by atoms with Gasteiger partial charge in [0.05, 0.1) is 0 Å². The van der Waals surface area contributed by atoms with E-state index in [-0.39, 0.29) is 17.9 Å². The SMILES string of the molecule is CCCCC[C@H]1NC(=O)[C@@H](Cc2cn(C)c3ccccc23)NC1=O. The zero-order valence-electron chi connectivity index (χ0n) is 14.3. The quantitative estimate of drug-likeness (QED) is 0.800. The van der Waals surface area contributed by atoms with Gasteiger partial charge in [0.15, 0.2) is 0 Å². The minimum atomic E-state index is -0.495. The third-order valence-electron chi connectivity index (χ3n) is 4.77. The summed E-state index contributed by atoms with van der Waals surface area (Å²) in [7, 11) is 2.00. The normalized spacial score (nSPS) is 20.9. The van der Waals surface area contributed by atoms with Crippen molar-refractivity contribution in [3.63, 3.8) is 0 Å². The maximum absolute atomic E-state index is 12.4. The first-order valence-electron chi connectivity index (χ1n) is 8.74. The predicted octanol–water partition coefficient (Wildman–Crippen LogP) is 2.28. The van der Waals surface area contributed by atoms with Crippen LogP contribution in [0.2, 0.25) is 0 Å². The summed E-state index contributed by atoms with van der Waals surface area (Å²) < 4.78 is 2.06. The molecular formula is C19H25N3O2. The fourth-order valence-electron chi connectivity index (χ4n) is 3.43. The molecule has 1 aliphatic rings. The number of nitrogens with one attached hydrogen (secondary N) is 2. The lowest BCUT2D eigenvalue weighted by molar-refractivity contribution is -0.136. The van der Waals surface area contributed by atoms with E-state index in [1.807, 2.05) is 25.4 Å². The monoisotopic (exact) mass is 327 g/mol. The molecule has 0 bridgehead atoms. The standard InChI is InChI=1S/C19H25N3O2/c1-3-4-5-9-15-18(23)21-16(19(24)20-15)11-13-12-22(2)17-10-7-6-8-14(13)17/h6-8,10,12,15-16H,3-5,9,11H2,1-2H3,(H,20,24)(H,21,23)/t15-,16-/m1/s1. The largest absolute Gasteiger partial charge is 0.350 e. The number of amides is 2. The zero-order chi connectivity index (χ0) is 17.1. The lowest BCUT2D eigenvalue weighted by Crippen LogP contribution is -2.62. The van der Waals surface area contributed by atoms with Crippen LogP contribution in [0, 0.1) is 0 Å². The topological polar surface area (TPSA) is 63.1 Å². The van der Waals surface area contributed by atoms with Crippen LogP contribution in [0.4, 0.5) is 0 Å². The van der Waals surface area contributed by atoms with Crippen molar-refractivity contribution >= 4 is 22.7 Å². The van der Waals surface area contributed by atoms with Gasteiger partial charge in [-0.3, -0.25) is 9.59 Å². The van der Waals surface area contributed by atoms with Crippen LogP contribution in [0.3, 0.4) is 0 Å². The second-order valence-corrected chi connectivity index (χ2v) is 6.60. The Labute approximate surface area is 142 Å². The number of unbranched alkanes of at least 4 members (excludes halogenated alkanes) is 2. The summed E-state index contributed by atoms with van der Waals surface area (Å²) in [4.78, 5) is 24.7. The highest BCUT2D eigenvalue weighted by molar-refractivity contribution is 5.97. The average molecular weight is 327 g/mol. The van der Waals surface area contributed by atoms with Crippen molar-refractivity contribution in [1.29, 1.82) is 0 Å². The fourth-order valence-corrected chi connectivity index (χ4v) is 3.43. The summed E-state index contributed by atoms with van der Waals surface area (Å²) in [5.41, 5.74) is 2.21. The molecule has 1 saturated heterocycles. The van der Waals surface area contributed by atoms with E-state index in [9.17, 15) is 9.59 Å². The second kappa shape index (κ2) is 7.07. The van der Waals surface area contributed by atoms with Gasteiger partial charge in [-0.15, -0.1) is 0 Å². The molecule has 2 heterocycles. The Morgan fingerprint density at radius 1 is 1.04 bits per heavy atom. The van der Waals surface area contributed by atoms with Crippen LogP contribution in [-0.4, -0.2) is 28.5 Å². The molecule has 5 nitrogen and oxygen atoms in total. The number of aryl methyl sites for hydroxylation is 1. The molecule has 2 atom stereocenters. The van der Waals surface area contributed by atoms with Gasteiger partial charge in [0.1, 0.15) is 12.1 Å². The van der Waals surface area contributed by atoms with Crippen molar-refractivity contribution in [2.24, 2.45) is 7.05 Å². The van der Waals surface area contributed by atoms with Gasteiger partial charge < -0.3 is 15.2 Å². The molecule has 0 unspecified atom stereocenters. The minimum Gasteiger partial charge on any atom is -0.350 e. The van der Waals surface area contributed by atoms with Crippen LogP contribution in [0.25, 0.3) is 10.9 Å². The van der Waals surface area contributed by atoms with Gasteiger partial charge in [0, 0.05) is 30.6 Å². The first-order chi connectivity index (χ1) is 11.6. The number of benzene rings is 1. The Morgan fingerprint density at radius 2 is 1.75 bits per heavy atom. The number of carbonyl (C=O) groups excluding carboxylic acids is 2. The summed E-state index contributed by atoms with van der Waals surface area (Å²) in [6.45, 7) is 2.12. The van der Waals surface area contributed by atoms with E-state index in [4.69, 9.17) is 0 Å². The van der Waals surface area contributed by atoms with Gasteiger partial charge in [-0.2, -0.15) is 0 Å². The van der Waals surface area contributed by atoms with Crippen molar-refractivity contribution in [2.75, 3.05) is 0 Å². The molecule has 0 spiro atoms. The lowest BCUT2D eigenvalue weighted by atomic mass is 9.99. The molecule has 128 valence electrons. The Bertz CT molecular complexity index is 750. The number of nitrogens with zero attached hydrogens (tertiary/aromatic N) is 1. The van der Waals surface area contributed by atoms with Crippen LogP contribution >= 0.6 is 0 Å². The molecule has 1 fully saturated rings. The van der Waals surface area contributed by atoms with Gasteiger partial charge >= 0.3 is 0 Å². The van der Waals surface area contributed by atoms with E-state index in [2.05, 4.69) is 34.3 Å². The van der Waals surface area contributed by atoms with E-state index in [0.717, 1.165) is 35.7 Å². The molecule has 2 N–H and O–H groups in total. The van der Waals surface area contributed by atoms with Gasteiger partial charge in [0.25, 0.3) is 0 Å². The predicted molar refractivity (Wildman–Crippen MR) is 94.6 cm³/mol. The molecule has 0 saturated carbocycles. The highest BCUT2D eigenvalue weighted by Crippen LogP contribution is 2.22. The second-order valence-electron chi connectivity index (χ2n) is 6.60. The first kappa shape index (κ1) is 16.6. The molecular weight excluding hydrogens is 302 g/mol. The van der Waals surface area contributed by atoms with E-state index < -0.39 is 6.04 Å². The van der Waals surface area contributed by atoms with Crippen molar-refractivity contribution < 1.29 is 9.59 Å². The number of hydrogen-bond donors (Lipinski definition) is 2. The Morgan fingerprint density at radius 3 is 2.54 bits per heavy atom. The van der Waals surface area contributed by atoms with Crippen molar-refractivity contribution in [1.82, 2.24) is 15.2 Å². The fraction of sp³-hybridized carbons (Fsp3) is 0.474. The highest BCUT2D eigenvalue weighted by atomic mass is 16.2. The first-order valence-corrected chi connectivity index (χ1v) is 8.74. The van der Waals surface area contributed by atoms with Crippen molar-refractivity contribution in [2.45, 2.75) is 51.1 Å². The smallest absolute Gasteiger partial charge is 0.243 e. The summed E-state index contributed by atoms with van der Waals surface area (Å²) in [5.74, 6) is -0.139. The number of rotatable bonds is 6. The van der Waals surface area contributed by atoms with Crippen LogP contribution in [0.5, 0.6) is 0 Å². The van der Waals surface area contributed by atoms with Crippen LogP contribution in [0.1, 0.15) is 38.2 Å². The number of aromatic nitrogens is 1. The Kier molecular flexibility index (Phi) is 4.88. The van der Waals surface area contributed by atoms with E-state index in [1.165, 1.54) is 0 Å². The van der Waals surface area contributed by atoms with E-state index in [1.54, 1.807) is 0 Å². The summed E-state index contributed by atoms with van der Waals surface area (Å²) in [5, 5.41) is 6.93. The Balaban J connectivity index is 1.70. The molecule has 2 amide bonds. The number of piperazine rings is 1. The molecule has 2 aromatic rings. The summed E-state index contributed by atoms with van der Waals surface area (Å²) in [6.07, 6.45) is 6.42. The highest BCUT2D eigenvalue weighted by Gasteiger charge is 2.33. The van der Waals surface area contributed by atoms with Gasteiger partial charge in [0.2, 0.25) is 11.8 Å².